The fourth-order valence-corrected chi connectivity index (χ4v) is 2.35. The van der Waals surface area contributed by atoms with Gasteiger partial charge in [0.25, 0.3) is 5.91 Å². The molecule has 0 atom stereocenters. The molecule has 7 nitrogen and oxygen atoms in total. The van der Waals surface area contributed by atoms with Gasteiger partial charge in [0.2, 0.25) is 0 Å². The summed E-state index contributed by atoms with van der Waals surface area (Å²) in [5.41, 5.74) is 3.16. The van der Waals surface area contributed by atoms with Gasteiger partial charge < -0.3 is 15.5 Å². The molecular formula is C15H13B2N3O4. The number of amides is 1. The lowest BCUT2D eigenvalue weighted by molar-refractivity contribution is -0.135. The van der Waals surface area contributed by atoms with Crippen LogP contribution in [0.25, 0.3) is 11.1 Å². The summed E-state index contributed by atoms with van der Waals surface area (Å²) in [7, 11) is 3.63. The average Bonchev–Trinajstić information content (AvgIpc) is 2.53. The van der Waals surface area contributed by atoms with Crippen LogP contribution in [0.3, 0.4) is 0 Å². The molecule has 0 radical (unpaired) electrons. The first-order chi connectivity index (χ1) is 11.3. The summed E-state index contributed by atoms with van der Waals surface area (Å²) < 4.78 is 0. The Hall–Kier alpha value is -3.27. The van der Waals surface area contributed by atoms with Crippen molar-refractivity contribution in [1.82, 2.24) is 10.3 Å². The molecule has 0 saturated carbocycles. The van der Waals surface area contributed by atoms with E-state index < -0.39 is 18.4 Å². The van der Waals surface area contributed by atoms with E-state index in [-0.39, 0.29) is 11.4 Å². The van der Waals surface area contributed by atoms with Crippen molar-refractivity contribution in [3.8, 4) is 22.9 Å². The van der Waals surface area contributed by atoms with E-state index in [1.165, 1.54) is 12.3 Å². The largest absolute Gasteiger partial charge is 0.505 e. The van der Waals surface area contributed by atoms with E-state index in [1.807, 2.05) is 13.9 Å². The van der Waals surface area contributed by atoms with Crippen LogP contribution in [0.5, 0.6) is 5.75 Å². The molecular weight excluding hydrogens is 308 g/mol. The number of benzene rings is 1. The summed E-state index contributed by atoms with van der Waals surface area (Å²) in [5.74, 6) is -2.34. The second kappa shape index (κ2) is 6.87. The Bertz CT molecular complexity index is 878. The van der Waals surface area contributed by atoms with Crippen LogP contribution in [0.15, 0.2) is 24.4 Å². The number of carbonyl (C=O) groups is 2. The van der Waals surface area contributed by atoms with Crippen molar-refractivity contribution in [2.45, 2.75) is 0 Å². The standard InChI is InChI=1S/C15H13B2N3O4/c16-10-2-1-8(13(17)9(10)4-18)7-3-11(21)14(19-5-7)15(24)20-6-12(22)23/h1-3,5,21H,6,16-17H2,(H,20,24)(H,22,23). The lowest BCUT2D eigenvalue weighted by Crippen LogP contribution is -2.30. The van der Waals surface area contributed by atoms with Gasteiger partial charge in [-0.15, -0.1) is 0 Å². The number of pyridine rings is 1. The molecule has 0 saturated heterocycles. The number of carbonyl (C=O) groups excluding carboxylic acids is 1. The number of nitriles is 1. The molecule has 0 fully saturated rings. The summed E-state index contributed by atoms with van der Waals surface area (Å²) >= 11 is 0. The lowest BCUT2D eigenvalue weighted by atomic mass is 9.77. The van der Waals surface area contributed by atoms with Gasteiger partial charge in [-0.25, -0.2) is 4.98 Å². The van der Waals surface area contributed by atoms with E-state index in [0.717, 1.165) is 16.5 Å². The van der Waals surface area contributed by atoms with E-state index in [0.29, 0.717) is 11.1 Å². The zero-order chi connectivity index (χ0) is 17.9. The minimum Gasteiger partial charge on any atom is -0.505 e. The molecule has 118 valence electrons. The Balaban J connectivity index is 2.39. The van der Waals surface area contributed by atoms with Gasteiger partial charge in [-0.05, 0) is 11.6 Å². The monoisotopic (exact) mass is 321 g/mol. The first kappa shape index (κ1) is 17.1. The second-order valence-electron chi connectivity index (χ2n) is 5.21. The van der Waals surface area contributed by atoms with E-state index in [1.54, 1.807) is 13.9 Å². The summed E-state index contributed by atoms with van der Waals surface area (Å²) in [6, 6.07) is 7.11. The predicted octanol–water partition coefficient (Wildman–Crippen LogP) is -2.34. The molecule has 3 N–H and O–H groups in total. The number of aromatic hydroxyl groups is 1. The van der Waals surface area contributed by atoms with Gasteiger partial charge in [0.05, 0.1) is 6.07 Å². The van der Waals surface area contributed by atoms with Gasteiger partial charge in [0.1, 0.15) is 28.0 Å². The van der Waals surface area contributed by atoms with Gasteiger partial charge in [0.15, 0.2) is 5.69 Å². The summed E-state index contributed by atoms with van der Waals surface area (Å²) in [4.78, 5) is 26.2. The highest BCUT2D eigenvalue weighted by Crippen LogP contribution is 2.23. The molecule has 0 spiro atoms. The van der Waals surface area contributed by atoms with E-state index >= 15 is 0 Å². The molecule has 1 aromatic carbocycles. The minimum atomic E-state index is -1.20. The van der Waals surface area contributed by atoms with Crippen LogP contribution < -0.4 is 16.2 Å². The lowest BCUT2D eigenvalue weighted by Gasteiger charge is -2.11. The van der Waals surface area contributed by atoms with Crippen molar-refractivity contribution >= 4 is 38.5 Å². The fraction of sp³-hybridized carbons (Fsp3) is 0.0667. The number of nitrogens with zero attached hydrogens (tertiary/aromatic N) is 2. The Morgan fingerprint density at radius 3 is 2.62 bits per heavy atom. The number of aromatic nitrogens is 1. The van der Waals surface area contributed by atoms with Gasteiger partial charge >= 0.3 is 5.97 Å². The van der Waals surface area contributed by atoms with Crippen LogP contribution >= 0.6 is 0 Å². The molecule has 1 amide bonds. The summed E-state index contributed by atoms with van der Waals surface area (Å²) in [6.45, 7) is -0.565. The van der Waals surface area contributed by atoms with Crippen molar-refractivity contribution in [2.75, 3.05) is 6.54 Å². The first-order valence-electron chi connectivity index (χ1n) is 7.04. The zero-order valence-corrected chi connectivity index (χ0v) is 13.1. The molecule has 0 aliphatic rings. The van der Waals surface area contributed by atoms with Crippen LogP contribution in [-0.2, 0) is 4.79 Å². The van der Waals surface area contributed by atoms with Crippen molar-refractivity contribution in [3.05, 3.63) is 35.7 Å². The van der Waals surface area contributed by atoms with E-state index in [4.69, 9.17) is 5.11 Å². The number of hydrogen-bond acceptors (Lipinski definition) is 5. The summed E-state index contributed by atoms with van der Waals surface area (Å²) in [5, 5.41) is 29.9. The minimum absolute atomic E-state index is 0.259. The van der Waals surface area contributed by atoms with Gasteiger partial charge in [-0.2, -0.15) is 5.26 Å². The molecule has 1 heterocycles. The average molecular weight is 321 g/mol. The maximum absolute atomic E-state index is 11.8. The van der Waals surface area contributed by atoms with Crippen LogP contribution in [0.1, 0.15) is 16.1 Å². The SMILES string of the molecule is Bc1ccc(-c2cnc(C(=O)NCC(=O)O)c(O)c2)c(B)c1C#N. The highest BCUT2D eigenvalue weighted by Gasteiger charge is 2.16. The zero-order valence-electron chi connectivity index (χ0n) is 13.1. The third-order valence-corrected chi connectivity index (χ3v) is 3.58. The molecule has 0 unspecified atom stereocenters. The molecule has 24 heavy (non-hydrogen) atoms. The molecule has 0 bridgehead atoms. The highest BCUT2D eigenvalue weighted by atomic mass is 16.4. The van der Waals surface area contributed by atoms with Crippen molar-refractivity contribution in [1.29, 1.82) is 5.26 Å². The van der Waals surface area contributed by atoms with Crippen LogP contribution in [0.4, 0.5) is 0 Å². The molecule has 9 heteroatoms. The number of nitrogens with one attached hydrogen (secondary N) is 1. The van der Waals surface area contributed by atoms with Gasteiger partial charge in [-0.1, -0.05) is 23.1 Å². The molecule has 2 rings (SSSR count). The Morgan fingerprint density at radius 1 is 1.33 bits per heavy atom. The molecule has 2 aromatic rings. The Labute approximate surface area is 139 Å². The molecule has 0 aliphatic heterocycles. The number of rotatable bonds is 4. The van der Waals surface area contributed by atoms with E-state index in [9.17, 15) is 20.0 Å². The highest BCUT2D eigenvalue weighted by molar-refractivity contribution is 6.42. The third-order valence-electron chi connectivity index (χ3n) is 3.58. The Kier molecular flexibility index (Phi) is 4.90. The van der Waals surface area contributed by atoms with Crippen molar-refractivity contribution in [2.24, 2.45) is 0 Å². The van der Waals surface area contributed by atoms with Gasteiger partial charge in [-0.3, -0.25) is 9.59 Å². The van der Waals surface area contributed by atoms with Crippen LogP contribution in [0.2, 0.25) is 0 Å². The third kappa shape index (κ3) is 3.38. The fourth-order valence-electron chi connectivity index (χ4n) is 2.35. The number of hydrogen-bond donors (Lipinski definition) is 3. The Morgan fingerprint density at radius 2 is 2.04 bits per heavy atom. The smallest absolute Gasteiger partial charge is 0.322 e. The van der Waals surface area contributed by atoms with Gasteiger partial charge in [0, 0.05) is 17.3 Å². The molecule has 0 aliphatic carbocycles. The number of carboxylic acids is 1. The van der Waals surface area contributed by atoms with Crippen molar-refractivity contribution in [3.63, 3.8) is 0 Å². The topological polar surface area (TPSA) is 123 Å². The number of aliphatic carboxylic acids is 1. The van der Waals surface area contributed by atoms with Crippen LogP contribution in [-0.4, -0.2) is 49.3 Å². The molecule has 1 aromatic heterocycles. The van der Waals surface area contributed by atoms with Crippen LogP contribution in [0, 0.1) is 11.3 Å². The summed E-state index contributed by atoms with van der Waals surface area (Å²) in [6.07, 6.45) is 1.40. The van der Waals surface area contributed by atoms with Crippen molar-refractivity contribution < 1.29 is 19.8 Å². The van der Waals surface area contributed by atoms with E-state index in [2.05, 4.69) is 16.4 Å². The second-order valence-corrected chi connectivity index (χ2v) is 5.21. The quantitative estimate of drug-likeness (QED) is 0.542. The predicted molar refractivity (Wildman–Crippen MR) is 92.4 cm³/mol. The maximum atomic E-state index is 11.8. The number of carboxylic acid groups (broad SMARTS) is 1. The first-order valence-corrected chi connectivity index (χ1v) is 7.04. The maximum Gasteiger partial charge on any atom is 0.322 e. The normalized spacial score (nSPS) is 9.96.